The first-order chi connectivity index (χ1) is 9.94. The van der Waals surface area contributed by atoms with E-state index >= 15 is 0 Å². The number of hydrogen-bond acceptors (Lipinski definition) is 6. The molecule has 0 aliphatic carbocycles. The molecule has 0 amide bonds. The Morgan fingerprint density at radius 3 is 2.81 bits per heavy atom. The van der Waals surface area contributed by atoms with Crippen molar-refractivity contribution in [3.63, 3.8) is 0 Å². The number of rotatable bonds is 6. The van der Waals surface area contributed by atoms with Crippen LogP contribution in [0.4, 0.5) is 4.39 Å². The summed E-state index contributed by atoms with van der Waals surface area (Å²) in [7, 11) is -4.05. The van der Waals surface area contributed by atoms with E-state index in [0.29, 0.717) is 5.82 Å². The predicted molar refractivity (Wildman–Crippen MR) is 72.5 cm³/mol. The lowest BCUT2D eigenvalue weighted by Gasteiger charge is -2.10. The van der Waals surface area contributed by atoms with E-state index in [9.17, 15) is 12.8 Å². The number of nitrogens with zero attached hydrogens (tertiary/aromatic N) is 2. The van der Waals surface area contributed by atoms with Gasteiger partial charge in [-0.3, -0.25) is 0 Å². The summed E-state index contributed by atoms with van der Waals surface area (Å²) in [6.45, 7) is -0.163. The maximum atomic E-state index is 14.1. The monoisotopic (exact) mass is 334 g/mol. The molecule has 1 heterocycles. The molecule has 0 atom stereocenters. The van der Waals surface area contributed by atoms with E-state index in [4.69, 9.17) is 17.3 Å². The molecular weight excluding hydrogens is 323 g/mol. The molecular formula is C11H12ClFN4O3S. The quantitative estimate of drug-likeness (QED) is 0.809. The van der Waals surface area contributed by atoms with Crippen molar-refractivity contribution >= 4 is 21.6 Å². The largest absolute Gasteiger partial charge is 0.343 e. The van der Waals surface area contributed by atoms with E-state index in [1.165, 1.54) is 6.07 Å². The number of aromatic nitrogens is 2. The van der Waals surface area contributed by atoms with Crippen LogP contribution in [0.3, 0.4) is 0 Å². The predicted octanol–water partition coefficient (Wildman–Crippen LogP) is 0.842. The van der Waals surface area contributed by atoms with Crippen LogP contribution < -0.4 is 10.5 Å². The van der Waals surface area contributed by atoms with Gasteiger partial charge in [0.15, 0.2) is 5.82 Å². The van der Waals surface area contributed by atoms with Crippen LogP contribution in [-0.4, -0.2) is 25.1 Å². The summed E-state index contributed by atoms with van der Waals surface area (Å²) in [5, 5.41) is 3.63. The minimum absolute atomic E-state index is 0.00816. The van der Waals surface area contributed by atoms with E-state index in [1.54, 1.807) is 0 Å². The van der Waals surface area contributed by atoms with Crippen molar-refractivity contribution < 1.29 is 17.3 Å². The highest BCUT2D eigenvalue weighted by Crippen LogP contribution is 2.23. The molecule has 2 rings (SSSR count). The van der Waals surface area contributed by atoms with Gasteiger partial charge in [-0.25, -0.2) is 17.5 Å². The van der Waals surface area contributed by atoms with Gasteiger partial charge in [-0.15, -0.1) is 0 Å². The van der Waals surface area contributed by atoms with Gasteiger partial charge in [-0.2, -0.15) is 4.98 Å². The lowest BCUT2D eigenvalue weighted by atomic mass is 10.2. The fraction of sp³-hybridized carbons (Fsp3) is 0.273. The van der Waals surface area contributed by atoms with Crippen molar-refractivity contribution in [3.05, 3.63) is 40.8 Å². The minimum atomic E-state index is -4.05. The van der Waals surface area contributed by atoms with Crippen molar-refractivity contribution in [2.24, 2.45) is 5.73 Å². The van der Waals surface area contributed by atoms with Crippen LogP contribution in [0, 0.1) is 5.82 Å². The summed E-state index contributed by atoms with van der Waals surface area (Å²) in [6.07, 6.45) is 1.34. The fourth-order valence-electron chi connectivity index (χ4n) is 1.64. The SMILES string of the molecule is NCc1cc(Cl)cc(S(=O)(=O)NCCc2ncon2)c1F. The zero-order valence-electron chi connectivity index (χ0n) is 10.7. The Hall–Kier alpha value is -1.55. The molecule has 1 aromatic carbocycles. The zero-order valence-corrected chi connectivity index (χ0v) is 12.3. The van der Waals surface area contributed by atoms with E-state index in [1.807, 2.05) is 0 Å². The molecule has 2 aromatic rings. The zero-order chi connectivity index (χ0) is 15.5. The highest BCUT2D eigenvalue weighted by atomic mass is 35.5. The molecule has 0 aliphatic heterocycles. The van der Waals surface area contributed by atoms with Gasteiger partial charge in [-0.05, 0) is 12.1 Å². The molecule has 0 saturated carbocycles. The molecule has 0 aliphatic rings. The molecule has 114 valence electrons. The van der Waals surface area contributed by atoms with Gasteiger partial charge in [0.2, 0.25) is 16.4 Å². The van der Waals surface area contributed by atoms with Crippen LogP contribution in [0.1, 0.15) is 11.4 Å². The van der Waals surface area contributed by atoms with Gasteiger partial charge in [0.05, 0.1) is 0 Å². The molecule has 10 heteroatoms. The van der Waals surface area contributed by atoms with Crippen LogP contribution in [0.2, 0.25) is 5.02 Å². The smallest absolute Gasteiger partial charge is 0.243 e. The van der Waals surface area contributed by atoms with Crippen LogP contribution in [0.15, 0.2) is 27.9 Å². The summed E-state index contributed by atoms with van der Waals surface area (Å²) in [5.74, 6) is -0.569. The topological polar surface area (TPSA) is 111 Å². The molecule has 0 unspecified atom stereocenters. The third kappa shape index (κ3) is 3.76. The number of nitrogens with one attached hydrogen (secondary N) is 1. The van der Waals surface area contributed by atoms with E-state index < -0.39 is 20.7 Å². The van der Waals surface area contributed by atoms with Gasteiger partial charge >= 0.3 is 0 Å². The van der Waals surface area contributed by atoms with Gasteiger partial charge in [0.25, 0.3) is 0 Å². The second-order valence-corrected chi connectivity index (χ2v) is 6.25. The molecule has 7 nitrogen and oxygen atoms in total. The van der Waals surface area contributed by atoms with Crippen LogP contribution >= 0.6 is 11.6 Å². The Morgan fingerprint density at radius 2 is 2.19 bits per heavy atom. The Kier molecular flexibility index (Phi) is 4.88. The first-order valence-electron chi connectivity index (χ1n) is 5.87. The third-order valence-corrected chi connectivity index (χ3v) is 4.31. The van der Waals surface area contributed by atoms with Gasteiger partial charge < -0.3 is 10.3 Å². The summed E-state index contributed by atoms with van der Waals surface area (Å²) < 4.78 is 45.0. The molecule has 0 fully saturated rings. The van der Waals surface area contributed by atoms with E-state index in [2.05, 4.69) is 19.4 Å². The number of sulfonamides is 1. The van der Waals surface area contributed by atoms with E-state index in [0.717, 1.165) is 12.5 Å². The van der Waals surface area contributed by atoms with Crippen molar-refractivity contribution in [1.82, 2.24) is 14.9 Å². The lowest BCUT2D eigenvalue weighted by Crippen LogP contribution is -2.27. The standard InChI is InChI=1S/C11H12ClFN4O3S/c12-8-3-7(5-14)11(13)9(4-8)21(18,19)16-2-1-10-15-6-20-17-10/h3-4,6,16H,1-2,5,14H2. The van der Waals surface area contributed by atoms with Crippen molar-refractivity contribution in [1.29, 1.82) is 0 Å². The summed E-state index contributed by atoms with van der Waals surface area (Å²) in [5.41, 5.74) is 5.38. The first kappa shape index (κ1) is 15.8. The number of hydrogen-bond donors (Lipinski definition) is 2. The Morgan fingerprint density at radius 1 is 1.43 bits per heavy atom. The van der Waals surface area contributed by atoms with Crippen molar-refractivity contribution in [2.75, 3.05) is 6.54 Å². The summed E-state index contributed by atoms with van der Waals surface area (Å²) in [4.78, 5) is 3.20. The van der Waals surface area contributed by atoms with Crippen LogP contribution in [-0.2, 0) is 23.0 Å². The van der Waals surface area contributed by atoms with Crippen LogP contribution in [0.5, 0.6) is 0 Å². The molecule has 0 radical (unpaired) electrons. The van der Waals surface area contributed by atoms with Gasteiger partial charge in [0, 0.05) is 30.1 Å². The molecule has 0 spiro atoms. The first-order valence-corrected chi connectivity index (χ1v) is 7.73. The van der Waals surface area contributed by atoms with E-state index in [-0.39, 0.29) is 30.1 Å². The normalized spacial score (nSPS) is 11.8. The Bertz CT molecular complexity index is 721. The summed E-state index contributed by atoms with van der Waals surface area (Å²) in [6, 6.07) is 2.32. The lowest BCUT2D eigenvalue weighted by molar-refractivity contribution is 0.409. The number of benzene rings is 1. The molecule has 3 N–H and O–H groups in total. The average Bonchev–Trinajstić information content (AvgIpc) is 2.93. The maximum Gasteiger partial charge on any atom is 0.243 e. The molecule has 0 saturated heterocycles. The second kappa shape index (κ2) is 6.48. The fourth-order valence-corrected chi connectivity index (χ4v) is 3.12. The number of halogens is 2. The number of nitrogens with two attached hydrogens (primary N) is 1. The molecule has 21 heavy (non-hydrogen) atoms. The molecule has 1 aromatic heterocycles. The van der Waals surface area contributed by atoms with Crippen LogP contribution in [0.25, 0.3) is 0 Å². The van der Waals surface area contributed by atoms with Crippen molar-refractivity contribution in [2.45, 2.75) is 17.9 Å². The van der Waals surface area contributed by atoms with Gasteiger partial charge in [0.1, 0.15) is 10.7 Å². The highest BCUT2D eigenvalue weighted by Gasteiger charge is 2.22. The average molecular weight is 335 g/mol. The summed E-state index contributed by atoms with van der Waals surface area (Å²) >= 11 is 5.78. The van der Waals surface area contributed by atoms with Crippen molar-refractivity contribution in [3.8, 4) is 0 Å². The third-order valence-electron chi connectivity index (χ3n) is 2.64. The Labute approximate surface area is 125 Å². The minimum Gasteiger partial charge on any atom is -0.343 e. The van der Waals surface area contributed by atoms with Gasteiger partial charge in [-0.1, -0.05) is 16.8 Å². The maximum absolute atomic E-state index is 14.1. The Balaban J connectivity index is 2.17. The second-order valence-electron chi connectivity index (χ2n) is 4.08. The molecule has 0 bridgehead atoms. The highest BCUT2D eigenvalue weighted by molar-refractivity contribution is 7.89.